The number of hydrogen-bond acceptors (Lipinski definition) is 4. The van der Waals surface area contributed by atoms with E-state index in [1.54, 1.807) is 0 Å². The van der Waals surface area contributed by atoms with Gasteiger partial charge in [0.1, 0.15) is 0 Å². The molecule has 1 aromatic rings. The number of nitrogens with one attached hydrogen (secondary N) is 2. The Morgan fingerprint density at radius 3 is 2.70 bits per heavy atom. The number of carbonyl (C=O) groups excluding carboxylic acids is 2. The summed E-state index contributed by atoms with van der Waals surface area (Å²) in [6, 6.07) is 9.79. The number of likely N-dealkylation sites (N-methyl/N-ethyl adjacent to an activating group) is 1. The molecule has 5 nitrogen and oxygen atoms in total. The minimum Gasteiger partial charge on any atom is -0.315 e. The van der Waals surface area contributed by atoms with Crippen LogP contribution >= 0.6 is 0 Å². The molecule has 108 valence electrons. The fourth-order valence-corrected chi connectivity index (χ4v) is 2.39. The van der Waals surface area contributed by atoms with Crippen molar-refractivity contribution in [3.8, 4) is 0 Å². The van der Waals surface area contributed by atoms with Crippen molar-refractivity contribution < 1.29 is 9.59 Å². The maximum Gasteiger partial charge on any atom is 0.240 e. The van der Waals surface area contributed by atoms with Crippen LogP contribution in [0.4, 0.5) is 0 Å². The molecule has 1 aliphatic rings. The van der Waals surface area contributed by atoms with Gasteiger partial charge < -0.3 is 5.32 Å². The number of carbonyl (C=O) groups is 2. The van der Waals surface area contributed by atoms with Gasteiger partial charge in [0.15, 0.2) is 0 Å². The fraction of sp³-hybridized carbons (Fsp3) is 0.467. The Morgan fingerprint density at radius 1 is 1.30 bits per heavy atom. The fourth-order valence-electron chi connectivity index (χ4n) is 2.39. The van der Waals surface area contributed by atoms with Gasteiger partial charge in [-0.3, -0.25) is 19.8 Å². The van der Waals surface area contributed by atoms with Crippen molar-refractivity contribution in [3.05, 3.63) is 35.9 Å². The van der Waals surface area contributed by atoms with E-state index in [4.69, 9.17) is 0 Å². The van der Waals surface area contributed by atoms with E-state index < -0.39 is 0 Å². The SMILES string of the molecule is CN(CC(=O)NC(=O)Cc1ccccc1)C1CCNC1. The minimum absolute atomic E-state index is 0.236. The molecule has 1 fully saturated rings. The molecule has 2 rings (SSSR count). The summed E-state index contributed by atoms with van der Waals surface area (Å²) in [5.74, 6) is -0.487. The molecule has 0 saturated carbocycles. The third kappa shape index (κ3) is 4.43. The molecule has 1 unspecified atom stereocenters. The van der Waals surface area contributed by atoms with Gasteiger partial charge in [0.05, 0.1) is 13.0 Å². The highest BCUT2D eigenvalue weighted by atomic mass is 16.2. The van der Waals surface area contributed by atoms with Crippen molar-refractivity contribution in [2.24, 2.45) is 0 Å². The zero-order valence-corrected chi connectivity index (χ0v) is 11.8. The van der Waals surface area contributed by atoms with Crippen LogP contribution in [0.25, 0.3) is 0 Å². The first-order valence-electron chi connectivity index (χ1n) is 6.92. The van der Waals surface area contributed by atoms with Gasteiger partial charge in [-0.2, -0.15) is 0 Å². The first kappa shape index (κ1) is 14.7. The van der Waals surface area contributed by atoms with Gasteiger partial charge in [-0.05, 0) is 25.6 Å². The van der Waals surface area contributed by atoms with Crippen molar-refractivity contribution in [3.63, 3.8) is 0 Å². The lowest BCUT2D eigenvalue weighted by molar-refractivity contribution is -0.130. The number of nitrogens with zero attached hydrogens (tertiary/aromatic N) is 1. The van der Waals surface area contributed by atoms with Crippen LogP contribution in [-0.2, 0) is 16.0 Å². The second-order valence-corrected chi connectivity index (χ2v) is 5.20. The molecule has 20 heavy (non-hydrogen) atoms. The van der Waals surface area contributed by atoms with Crippen LogP contribution in [0.2, 0.25) is 0 Å². The van der Waals surface area contributed by atoms with Crippen molar-refractivity contribution >= 4 is 11.8 Å². The molecular formula is C15H21N3O2. The Hall–Kier alpha value is -1.72. The summed E-state index contributed by atoms with van der Waals surface area (Å²) in [7, 11) is 1.92. The van der Waals surface area contributed by atoms with Gasteiger partial charge in [0.2, 0.25) is 11.8 Å². The average molecular weight is 275 g/mol. The average Bonchev–Trinajstić information content (AvgIpc) is 2.93. The molecule has 0 bridgehead atoms. The van der Waals surface area contributed by atoms with E-state index >= 15 is 0 Å². The Morgan fingerprint density at radius 2 is 2.05 bits per heavy atom. The first-order valence-corrected chi connectivity index (χ1v) is 6.92. The van der Waals surface area contributed by atoms with Gasteiger partial charge in [0.25, 0.3) is 0 Å². The van der Waals surface area contributed by atoms with E-state index in [2.05, 4.69) is 10.6 Å². The standard InChI is InChI=1S/C15H21N3O2/c1-18(13-7-8-16-10-13)11-15(20)17-14(19)9-12-5-3-2-4-6-12/h2-6,13,16H,7-11H2,1H3,(H,17,19,20). The van der Waals surface area contributed by atoms with Crippen molar-refractivity contribution in [2.45, 2.75) is 18.9 Å². The zero-order valence-electron chi connectivity index (χ0n) is 11.8. The third-order valence-corrected chi connectivity index (χ3v) is 3.54. The number of amides is 2. The maximum absolute atomic E-state index is 11.8. The van der Waals surface area contributed by atoms with Crippen molar-refractivity contribution in [1.29, 1.82) is 0 Å². The lowest BCUT2D eigenvalue weighted by Gasteiger charge is -2.22. The smallest absolute Gasteiger partial charge is 0.240 e. The highest BCUT2D eigenvalue weighted by Gasteiger charge is 2.21. The molecular weight excluding hydrogens is 254 g/mol. The lowest BCUT2D eigenvalue weighted by atomic mass is 10.1. The molecule has 1 aromatic carbocycles. The second kappa shape index (κ2) is 7.17. The molecule has 0 radical (unpaired) electrons. The monoisotopic (exact) mass is 275 g/mol. The molecule has 1 saturated heterocycles. The highest BCUT2D eigenvalue weighted by molar-refractivity contribution is 5.96. The molecule has 1 aliphatic heterocycles. The highest BCUT2D eigenvalue weighted by Crippen LogP contribution is 2.05. The Labute approximate surface area is 119 Å². The van der Waals surface area contributed by atoms with Gasteiger partial charge >= 0.3 is 0 Å². The Balaban J connectivity index is 1.74. The van der Waals surface area contributed by atoms with Crippen LogP contribution in [0.15, 0.2) is 30.3 Å². The number of imide groups is 1. The van der Waals surface area contributed by atoms with Gasteiger partial charge in [-0.25, -0.2) is 0 Å². The van der Waals surface area contributed by atoms with E-state index in [0.717, 1.165) is 25.1 Å². The first-order chi connectivity index (χ1) is 9.65. The summed E-state index contributed by atoms with van der Waals surface area (Å²) < 4.78 is 0. The van der Waals surface area contributed by atoms with E-state index in [1.807, 2.05) is 42.3 Å². The normalized spacial score (nSPS) is 18.2. The van der Waals surface area contributed by atoms with Crippen molar-refractivity contribution in [2.75, 3.05) is 26.7 Å². The van der Waals surface area contributed by atoms with Crippen LogP contribution in [0.1, 0.15) is 12.0 Å². The van der Waals surface area contributed by atoms with Crippen LogP contribution in [0.3, 0.4) is 0 Å². The summed E-state index contributed by atoms with van der Waals surface area (Å²) in [4.78, 5) is 25.6. The molecule has 0 aromatic heterocycles. The van der Waals surface area contributed by atoms with E-state index in [1.165, 1.54) is 0 Å². The van der Waals surface area contributed by atoms with E-state index in [9.17, 15) is 9.59 Å². The largest absolute Gasteiger partial charge is 0.315 e. The second-order valence-electron chi connectivity index (χ2n) is 5.20. The van der Waals surface area contributed by atoms with Crippen LogP contribution in [0, 0.1) is 0 Å². The van der Waals surface area contributed by atoms with Gasteiger partial charge in [-0.15, -0.1) is 0 Å². The Kier molecular flexibility index (Phi) is 5.26. The molecule has 2 amide bonds. The molecule has 0 aliphatic carbocycles. The van der Waals surface area contributed by atoms with Crippen LogP contribution < -0.4 is 10.6 Å². The predicted molar refractivity (Wildman–Crippen MR) is 77.2 cm³/mol. The molecule has 2 N–H and O–H groups in total. The van der Waals surface area contributed by atoms with E-state index in [0.29, 0.717) is 6.04 Å². The summed E-state index contributed by atoms with van der Waals surface area (Å²) in [6.45, 7) is 2.15. The van der Waals surface area contributed by atoms with Gasteiger partial charge in [-0.1, -0.05) is 30.3 Å². The number of hydrogen-bond donors (Lipinski definition) is 2. The molecule has 1 atom stereocenters. The maximum atomic E-state index is 11.8. The summed E-state index contributed by atoms with van der Waals surface area (Å²) in [5, 5.41) is 5.70. The molecule has 0 spiro atoms. The third-order valence-electron chi connectivity index (χ3n) is 3.54. The van der Waals surface area contributed by atoms with Crippen LogP contribution in [-0.4, -0.2) is 49.4 Å². The van der Waals surface area contributed by atoms with Gasteiger partial charge in [0, 0.05) is 12.6 Å². The Bertz CT molecular complexity index is 455. The molecule has 5 heteroatoms. The van der Waals surface area contributed by atoms with Crippen LogP contribution in [0.5, 0.6) is 0 Å². The summed E-state index contributed by atoms with van der Waals surface area (Å²) in [6.07, 6.45) is 1.28. The number of rotatable bonds is 5. The molecule has 1 heterocycles. The lowest BCUT2D eigenvalue weighted by Crippen LogP contribution is -2.43. The summed E-state index contributed by atoms with van der Waals surface area (Å²) in [5.41, 5.74) is 0.908. The zero-order chi connectivity index (χ0) is 14.4. The van der Waals surface area contributed by atoms with Crippen molar-refractivity contribution in [1.82, 2.24) is 15.5 Å². The quantitative estimate of drug-likeness (QED) is 0.804. The minimum atomic E-state index is -0.251. The summed E-state index contributed by atoms with van der Waals surface area (Å²) >= 11 is 0. The topological polar surface area (TPSA) is 61.4 Å². The number of benzene rings is 1. The van der Waals surface area contributed by atoms with E-state index in [-0.39, 0.29) is 24.8 Å². The predicted octanol–water partition coefficient (Wildman–Crippen LogP) is 0.166.